The summed E-state index contributed by atoms with van der Waals surface area (Å²) < 4.78 is 5.59. The van der Waals surface area contributed by atoms with Crippen molar-refractivity contribution in [1.29, 1.82) is 0 Å². The van der Waals surface area contributed by atoms with Crippen LogP contribution in [-0.2, 0) is 14.3 Å². The normalized spacial score (nSPS) is 52.7. The second kappa shape index (κ2) is 5.74. The van der Waals surface area contributed by atoms with Crippen LogP contribution in [0.2, 0.25) is 0 Å². The van der Waals surface area contributed by atoms with E-state index in [0.717, 1.165) is 69.1 Å². The molecule has 5 heteroatoms. The number of esters is 1. The van der Waals surface area contributed by atoms with Crippen LogP contribution in [0.15, 0.2) is 0 Å². The van der Waals surface area contributed by atoms with Crippen molar-refractivity contribution in [2.75, 3.05) is 6.61 Å². The van der Waals surface area contributed by atoms with Crippen molar-refractivity contribution in [2.45, 2.75) is 88.2 Å². The maximum atomic E-state index is 13.0. The third kappa shape index (κ3) is 2.75. The smallest absolute Gasteiger partial charge is 0.312 e. The minimum Gasteiger partial charge on any atom is -0.455 e. The summed E-state index contributed by atoms with van der Waals surface area (Å²) in [5, 5.41) is 14.1. The first kappa shape index (κ1) is 17.7. The minimum absolute atomic E-state index is 0.0336. The first-order valence-corrected chi connectivity index (χ1v) is 11.5. The van der Waals surface area contributed by atoms with Gasteiger partial charge >= 0.3 is 5.97 Å². The molecule has 28 heavy (non-hydrogen) atoms. The molecule has 0 heterocycles. The molecule has 0 aromatic heterocycles. The summed E-state index contributed by atoms with van der Waals surface area (Å²) in [4.78, 5) is 25.7. The van der Waals surface area contributed by atoms with Crippen molar-refractivity contribution in [3.63, 3.8) is 0 Å². The highest BCUT2D eigenvalue weighted by molar-refractivity contribution is 5.83. The maximum absolute atomic E-state index is 13.0. The van der Waals surface area contributed by atoms with Crippen molar-refractivity contribution >= 4 is 11.9 Å². The average molecular weight is 388 g/mol. The maximum Gasteiger partial charge on any atom is 0.312 e. The Labute approximate surface area is 167 Å². The Hall–Kier alpha value is -1.10. The fourth-order valence-corrected chi connectivity index (χ4v) is 9.33. The number of aliphatic hydroxyl groups is 1. The van der Waals surface area contributed by atoms with Crippen molar-refractivity contribution in [1.82, 2.24) is 5.32 Å². The number of rotatable bonds is 4. The van der Waals surface area contributed by atoms with Crippen LogP contribution in [-0.4, -0.2) is 34.7 Å². The Morgan fingerprint density at radius 3 is 1.89 bits per heavy atom. The van der Waals surface area contributed by atoms with E-state index in [1.165, 1.54) is 19.3 Å². The number of ether oxygens (including phenoxy) is 1. The zero-order valence-electron chi connectivity index (χ0n) is 16.8. The van der Waals surface area contributed by atoms with E-state index in [1.54, 1.807) is 0 Å². The lowest BCUT2D eigenvalue weighted by molar-refractivity contribution is -0.196. The predicted molar refractivity (Wildman–Crippen MR) is 102 cm³/mol. The van der Waals surface area contributed by atoms with Gasteiger partial charge in [-0.2, -0.15) is 0 Å². The highest BCUT2D eigenvalue weighted by Crippen LogP contribution is 2.62. The van der Waals surface area contributed by atoms with Gasteiger partial charge in [0.1, 0.15) is 0 Å². The van der Waals surface area contributed by atoms with Gasteiger partial charge in [0.2, 0.25) is 0 Å². The molecule has 0 radical (unpaired) electrons. The SMILES string of the molecule is O=C(COC(=O)C12C[C@H]3C[C@@H](CC(O)(C3)C1)C2)NC12CC3CC(CC(C3)C1)C2. The summed E-state index contributed by atoms with van der Waals surface area (Å²) in [6.45, 7) is -0.157. The van der Waals surface area contributed by atoms with Gasteiger partial charge in [0.25, 0.3) is 5.91 Å². The van der Waals surface area contributed by atoms with Gasteiger partial charge in [-0.15, -0.1) is 0 Å². The minimum atomic E-state index is -0.676. The number of hydrogen-bond donors (Lipinski definition) is 2. The number of hydrogen-bond acceptors (Lipinski definition) is 4. The van der Waals surface area contributed by atoms with E-state index in [-0.39, 0.29) is 24.0 Å². The fraction of sp³-hybridized carbons (Fsp3) is 0.913. The van der Waals surface area contributed by atoms with Gasteiger partial charge in [0.15, 0.2) is 6.61 Å². The van der Waals surface area contributed by atoms with Gasteiger partial charge in [-0.1, -0.05) is 0 Å². The number of carbonyl (C=O) groups excluding carboxylic acids is 2. The number of carbonyl (C=O) groups is 2. The van der Waals surface area contributed by atoms with Crippen molar-refractivity contribution in [2.24, 2.45) is 35.0 Å². The Morgan fingerprint density at radius 2 is 1.36 bits per heavy atom. The van der Waals surface area contributed by atoms with Crippen LogP contribution in [0.3, 0.4) is 0 Å². The fourth-order valence-electron chi connectivity index (χ4n) is 9.33. The van der Waals surface area contributed by atoms with Crippen molar-refractivity contribution in [3.05, 3.63) is 0 Å². The molecule has 8 aliphatic rings. The molecule has 0 aliphatic heterocycles. The Kier molecular flexibility index (Phi) is 3.63. The lowest BCUT2D eigenvalue weighted by Crippen LogP contribution is -2.61. The molecule has 154 valence electrons. The van der Waals surface area contributed by atoms with Gasteiger partial charge in [-0.25, -0.2) is 0 Å². The van der Waals surface area contributed by atoms with E-state index < -0.39 is 11.0 Å². The summed E-state index contributed by atoms with van der Waals surface area (Å²) in [5.74, 6) is 2.87. The second-order valence-corrected chi connectivity index (χ2v) is 11.8. The van der Waals surface area contributed by atoms with Crippen LogP contribution in [0.4, 0.5) is 0 Å². The molecule has 1 amide bonds. The van der Waals surface area contributed by atoms with Gasteiger partial charge in [0.05, 0.1) is 11.0 Å². The standard InChI is InChI=1S/C23H33NO4/c25-19(24-22-7-14-1-15(8-22)3-16(2-14)9-22)12-28-20(26)21-5-17-4-18(6-21)11-23(27,10-17)13-21/h14-18,27H,1-13H2,(H,24,25)/t14?,15?,16?,17-,18-,21?,22?,23?/m1/s1. The van der Waals surface area contributed by atoms with Gasteiger partial charge in [-0.05, 0) is 107 Å². The van der Waals surface area contributed by atoms with Gasteiger partial charge in [0, 0.05) is 5.54 Å². The van der Waals surface area contributed by atoms with E-state index in [4.69, 9.17) is 4.74 Å². The van der Waals surface area contributed by atoms with E-state index >= 15 is 0 Å². The predicted octanol–water partition coefficient (Wildman–Crippen LogP) is 2.95. The summed E-state index contributed by atoms with van der Waals surface area (Å²) in [7, 11) is 0. The first-order valence-electron chi connectivity index (χ1n) is 11.5. The molecule has 0 aromatic carbocycles. The van der Waals surface area contributed by atoms with Crippen LogP contribution < -0.4 is 5.32 Å². The molecule has 2 atom stereocenters. The summed E-state index contributed by atoms with van der Waals surface area (Å²) in [6.07, 6.45) is 12.4. The van der Waals surface area contributed by atoms with Crippen molar-refractivity contribution < 1.29 is 19.4 Å². The molecule has 0 spiro atoms. The van der Waals surface area contributed by atoms with E-state index in [0.29, 0.717) is 18.3 Å². The molecule has 8 aliphatic carbocycles. The number of amides is 1. The highest BCUT2D eigenvalue weighted by Gasteiger charge is 2.61. The molecule has 0 unspecified atom stereocenters. The van der Waals surface area contributed by atoms with Crippen LogP contribution in [0.5, 0.6) is 0 Å². The van der Waals surface area contributed by atoms with Crippen LogP contribution >= 0.6 is 0 Å². The molecule has 8 bridgehead atoms. The Bertz CT molecular complexity index is 666. The quantitative estimate of drug-likeness (QED) is 0.727. The Morgan fingerprint density at radius 1 is 0.821 bits per heavy atom. The topological polar surface area (TPSA) is 75.6 Å². The molecular formula is C23H33NO4. The molecule has 8 saturated carbocycles. The first-order chi connectivity index (χ1) is 13.3. The second-order valence-electron chi connectivity index (χ2n) is 11.8. The third-order valence-corrected chi connectivity index (χ3v) is 9.24. The molecule has 8 fully saturated rings. The summed E-state index contributed by atoms with van der Waals surface area (Å²) in [5.41, 5.74) is -1.25. The molecule has 8 rings (SSSR count). The average Bonchev–Trinajstić information content (AvgIpc) is 2.55. The lowest BCUT2D eigenvalue weighted by atomic mass is 9.48. The summed E-state index contributed by atoms with van der Waals surface area (Å²) in [6, 6.07) is 0. The van der Waals surface area contributed by atoms with Crippen LogP contribution in [0.1, 0.15) is 77.0 Å². The number of nitrogens with one attached hydrogen (secondary N) is 1. The molecule has 0 saturated heterocycles. The molecule has 2 N–H and O–H groups in total. The summed E-state index contributed by atoms with van der Waals surface area (Å²) >= 11 is 0. The molecule has 5 nitrogen and oxygen atoms in total. The van der Waals surface area contributed by atoms with Crippen LogP contribution in [0, 0.1) is 35.0 Å². The van der Waals surface area contributed by atoms with E-state index in [1.807, 2.05) is 0 Å². The lowest BCUT2D eigenvalue weighted by Gasteiger charge is -2.58. The largest absolute Gasteiger partial charge is 0.455 e. The van der Waals surface area contributed by atoms with E-state index in [9.17, 15) is 14.7 Å². The van der Waals surface area contributed by atoms with Gasteiger partial charge < -0.3 is 15.2 Å². The Balaban J connectivity index is 1.09. The van der Waals surface area contributed by atoms with E-state index in [2.05, 4.69) is 5.32 Å². The molecular weight excluding hydrogens is 354 g/mol. The zero-order valence-corrected chi connectivity index (χ0v) is 16.8. The zero-order chi connectivity index (χ0) is 19.1. The third-order valence-electron chi connectivity index (χ3n) is 9.24. The van der Waals surface area contributed by atoms with Crippen molar-refractivity contribution in [3.8, 4) is 0 Å². The van der Waals surface area contributed by atoms with Crippen LogP contribution in [0.25, 0.3) is 0 Å². The monoisotopic (exact) mass is 387 g/mol. The van der Waals surface area contributed by atoms with Gasteiger partial charge in [-0.3, -0.25) is 9.59 Å². The molecule has 0 aromatic rings. The highest BCUT2D eigenvalue weighted by atomic mass is 16.5.